The smallest absolute Gasteiger partial charge is 0.265 e. The Bertz CT molecular complexity index is 657. The van der Waals surface area contributed by atoms with Crippen LogP contribution < -0.4 is 14.8 Å². The second-order valence-electron chi connectivity index (χ2n) is 4.71. The molecule has 0 saturated carbocycles. The van der Waals surface area contributed by atoms with Crippen molar-refractivity contribution < 1.29 is 14.3 Å². The molecular formula is C15H19N3O3S. The molecule has 2 aromatic rings. The molecule has 1 heterocycles. The molecule has 0 aliphatic heterocycles. The maximum atomic E-state index is 12.3. The van der Waals surface area contributed by atoms with Crippen molar-refractivity contribution in [3.63, 3.8) is 0 Å². The molecule has 1 aromatic heterocycles. The van der Waals surface area contributed by atoms with E-state index in [4.69, 9.17) is 9.47 Å². The summed E-state index contributed by atoms with van der Waals surface area (Å²) in [6.07, 6.45) is 0.685. The number of amides is 1. The topological polar surface area (TPSA) is 73.3 Å². The van der Waals surface area contributed by atoms with Gasteiger partial charge in [0.25, 0.3) is 5.91 Å². The fourth-order valence-corrected chi connectivity index (χ4v) is 2.73. The van der Waals surface area contributed by atoms with E-state index in [1.165, 1.54) is 0 Å². The highest BCUT2D eigenvalue weighted by Gasteiger charge is 2.18. The maximum absolute atomic E-state index is 12.3. The van der Waals surface area contributed by atoms with Gasteiger partial charge in [0.05, 0.1) is 26.0 Å². The van der Waals surface area contributed by atoms with Crippen LogP contribution >= 0.6 is 11.5 Å². The van der Waals surface area contributed by atoms with Crippen molar-refractivity contribution in [2.75, 3.05) is 14.2 Å². The minimum atomic E-state index is -0.167. The molecule has 1 aromatic carbocycles. The molecule has 1 unspecified atom stereocenters. The Morgan fingerprint density at radius 1 is 1.32 bits per heavy atom. The summed E-state index contributed by atoms with van der Waals surface area (Å²) in [5, 5.41) is 6.91. The number of hydrogen-bond acceptors (Lipinski definition) is 6. The van der Waals surface area contributed by atoms with Gasteiger partial charge in [0.2, 0.25) is 0 Å². The summed E-state index contributed by atoms with van der Waals surface area (Å²) in [6, 6.07) is 5.41. The zero-order valence-corrected chi connectivity index (χ0v) is 13.9. The van der Waals surface area contributed by atoms with E-state index in [0.29, 0.717) is 22.8 Å². The van der Waals surface area contributed by atoms with Crippen LogP contribution in [-0.4, -0.2) is 29.7 Å². The molecule has 0 fully saturated rings. The van der Waals surface area contributed by atoms with Gasteiger partial charge in [-0.1, -0.05) is 17.5 Å². The van der Waals surface area contributed by atoms with E-state index in [1.54, 1.807) is 14.2 Å². The molecule has 2 rings (SSSR count). The number of methoxy groups -OCH3 is 2. The van der Waals surface area contributed by atoms with Crippen molar-refractivity contribution in [2.24, 2.45) is 0 Å². The molecule has 1 atom stereocenters. The van der Waals surface area contributed by atoms with E-state index in [0.717, 1.165) is 22.8 Å². The molecule has 0 radical (unpaired) electrons. The largest absolute Gasteiger partial charge is 0.493 e. The van der Waals surface area contributed by atoms with Crippen molar-refractivity contribution >= 4 is 17.4 Å². The Kier molecular flexibility index (Phi) is 5.32. The molecule has 0 aliphatic carbocycles. The molecule has 0 bridgehead atoms. The van der Waals surface area contributed by atoms with Crippen LogP contribution in [0.5, 0.6) is 11.5 Å². The van der Waals surface area contributed by atoms with E-state index in [2.05, 4.69) is 14.9 Å². The minimum absolute atomic E-state index is 0.158. The molecule has 7 heteroatoms. The lowest BCUT2D eigenvalue weighted by atomic mass is 10.1. The van der Waals surface area contributed by atoms with Gasteiger partial charge in [-0.05, 0) is 42.6 Å². The summed E-state index contributed by atoms with van der Waals surface area (Å²) in [4.78, 5) is 12.9. The Hall–Kier alpha value is -2.15. The summed E-state index contributed by atoms with van der Waals surface area (Å²) in [7, 11) is 3.17. The van der Waals surface area contributed by atoms with Gasteiger partial charge in [-0.3, -0.25) is 4.79 Å². The zero-order chi connectivity index (χ0) is 16.1. The number of carbonyl (C=O) groups is 1. The number of aromatic nitrogens is 2. The van der Waals surface area contributed by atoms with Gasteiger partial charge in [0.15, 0.2) is 11.5 Å². The van der Waals surface area contributed by atoms with Gasteiger partial charge in [0.1, 0.15) is 4.88 Å². The van der Waals surface area contributed by atoms with Crippen LogP contribution in [0.1, 0.15) is 40.8 Å². The number of benzene rings is 1. The molecule has 22 heavy (non-hydrogen) atoms. The van der Waals surface area contributed by atoms with Crippen LogP contribution in [0.15, 0.2) is 18.2 Å². The number of ether oxygens (including phenoxy) is 2. The van der Waals surface area contributed by atoms with Crippen LogP contribution in [0.2, 0.25) is 0 Å². The molecule has 0 aliphatic rings. The van der Waals surface area contributed by atoms with E-state index in [9.17, 15) is 4.79 Å². The number of rotatable bonds is 6. The molecule has 0 spiro atoms. The highest BCUT2D eigenvalue weighted by molar-refractivity contribution is 7.08. The van der Waals surface area contributed by atoms with Crippen molar-refractivity contribution in [1.29, 1.82) is 0 Å². The summed E-state index contributed by atoms with van der Waals surface area (Å²) >= 11 is 1.12. The van der Waals surface area contributed by atoms with Crippen molar-refractivity contribution in [2.45, 2.75) is 26.3 Å². The number of carbonyl (C=O) groups excluding carboxylic acids is 1. The van der Waals surface area contributed by atoms with Gasteiger partial charge in [-0.25, -0.2) is 0 Å². The Morgan fingerprint density at radius 2 is 2.05 bits per heavy atom. The number of nitrogens with zero attached hydrogens (tertiary/aromatic N) is 2. The van der Waals surface area contributed by atoms with Gasteiger partial charge in [-0.15, -0.1) is 5.10 Å². The average Bonchev–Trinajstić information content (AvgIpc) is 3.02. The highest BCUT2D eigenvalue weighted by atomic mass is 32.1. The monoisotopic (exact) mass is 321 g/mol. The summed E-state index contributed by atoms with van der Waals surface area (Å²) < 4.78 is 14.3. The second kappa shape index (κ2) is 7.22. The van der Waals surface area contributed by atoms with Crippen LogP contribution in [0, 0.1) is 0 Å². The molecular weight excluding hydrogens is 302 g/mol. The first kappa shape index (κ1) is 16.2. The number of hydrogen-bond donors (Lipinski definition) is 1. The lowest BCUT2D eigenvalue weighted by Gasteiger charge is -2.16. The number of nitrogens with one attached hydrogen (secondary N) is 1. The van der Waals surface area contributed by atoms with E-state index in [-0.39, 0.29) is 11.9 Å². The van der Waals surface area contributed by atoms with Gasteiger partial charge in [-0.2, -0.15) is 0 Å². The van der Waals surface area contributed by atoms with Crippen LogP contribution in [0.4, 0.5) is 0 Å². The predicted molar refractivity (Wildman–Crippen MR) is 84.7 cm³/mol. The first-order chi connectivity index (χ1) is 10.6. The molecule has 6 nitrogen and oxygen atoms in total. The third-order valence-electron chi connectivity index (χ3n) is 3.35. The summed E-state index contributed by atoms with van der Waals surface area (Å²) in [5.41, 5.74) is 1.66. The average molecular weight is 321 g/mol. The number of aryl methyl sites for hydroxylation is 1. The minimum Gasteiger partial charge on any atom is -0.493 e. The predicted octanol–water partition coefficient (Wildman–Crippen LogP) is 2.61. The standard InChI is InChI=1S/C15H19N3O3S/c1-5-11-14(22-18-17-11)15(19)16-9(2)10-6-7-12(20-3)13(8-10)21-4/h6-9H,5H2,1-4H3,(H,16,19). The first-order valence-electron chi connectivity index (χ1n) is 6.94. The van der Waals surface area contributed by atoms with E-state index >= 15 is 0 Å². The maximum Gasteiger partial charge on any atom is 0.265 e. The molecule has 1 N–H and O–H groups in total. The van der Waals surface area contributed by atoms with Crippen molar-refractivity contribution in [1.82, 2.24) is 14.9 Å². The second-order valence-corrected chi connectivity index (χ2v) is 5.47. The van der Waals surface area contributed by atoms with Crippen LogP contribution in [0.3, 0.4) is 0 Å². The summed E-state index contributed by atoms with van der Waals surface area (Å²) in [5.74, 6) is 1.13. The van der Waals surface area contributed by atoms with Gasteiger partial charge < -0.3 is 14.8 Å². The van der Waals surface area contributed by atoms with Crippen LogP contribution in [0.25, 0.3) is 0 Å². The molecule has 118 valence electrons. The van der Waals surface area contributed by atoms with Crippen molar-refractivity contribution in [3.05, 3.63) is 34.3 Å². The Labute approximate surface area is 133 Å². The first-order valence-corrected chi connectivity index (χ1v) is 7.72. The quantitative estimate of drug-likeness (QED) is 0.885. The fraction of sp³-hybridized carbons (Fsp3) is 0.400. The van der Waals surface area contributed by atoms with Crippen molar-refractivity contribution in [3.8, 4) is 11.5 Å². The third-order valence-corrected chi connectivity index (χ3v) is 4.12. The van der Waals surface area contributed by atoms with Gasteiger partial charge >= 0.3 is 0 Å². The molecule has 1 amide bonds. The lowest BCUT2D eigenvalue weighted by molar-refractivity contribution is 0.0943. The lowest BCUT2D eigenvalue weighted by Crippen LogP contribution is -2.26. The molecule has 0 saturated heterocycles. The third kappa shape index (κ3) is 3.36. The normalized spacial score (nSPS) is 11.8. The fourth-order valence-electron chi connectivity index (χ4n) is 2.08. The van der Waals surface area contributed by atoms with E-state index in [1.807, 2.05) is 32.0 Å². The van der Waals surface area contributed by atoms with E-state index < -0.39 is 0 Å². The van der Waals surface area contributed by atoms with Crippen LogP contribution in [-0.2, 0) is 6.42 Å². The van der Waals surface area contributed by atoms with Gasteiger partial charge in [0, 0.05) is 0 Å². The Morgan fingerprint density at radius 3 is 2.68 bits per heavy atom. The Balaban J connectivity index is 2.15. The SMILES string of the molecule is CCc1nnsc1C(=O)NC(C)c1ccc(OC)c(OC)c1. The summed E-state index contributed by atoms with van der Waals surface area (Å²) in [6.45, 7) is 3.87. The highest BCUT2D eigenvalue weighted by Crippen LogP contribution is 2.30. The zero-order valence-electron chi connectivity index (χ0n) is 13.0.